The van der Waals surface area contributed by atoms with Crippen molar-refractivity contribution in [2.45, 2.75) is 19.8 Å². The molecule has 2 aliphatic rings. The fraction of sp³-hybridized carbons (Fsp3) is 0.400. The van der Waals surface area contributed by atoms with Crippen LogP contribution < -0.4 is 14.4 Å². The van der Waals surface area contributed by atoms with Crippen LogP contribution in [0.25, 0.3) is 0 Å². The van der Waals surface area contributed by atoms with Gasteiger partial charge in [-0.2, -0.15) is 5.26 Å². The Bertz CT molecular complexity index is 888. The number of hydrogen-bond acceptors (Lipinski definition) is 4. The lowest BCUT2D eigenvalue weighted by molar-refractivity contribution is 0.213. The van der Waals surface area contributed by atoms with E-state index >= 15 is 0 Å². The van der Waals surface area contributed by atoms with E-state index in [0.717, 1.165) is 23.8 Å². The van der Waals surface area contributed by atoms with Crippen LogP contribution in [-0.2, 0) is 0 Å². The maximum Gasteiger partial charge on any atom is 0.329 e. The van der Waals surface area contributed by atoms with Crippen LogP contribution in [0.2, 0.25) is 0 Å². The van der Waals surface area contributed by atoms with Crippen LogP contribution in [0.5, 0.6) is 11.5 Å². The van der Waals surface area contributed by atoms with Gasteiger partial charge in [0, 0.05) is 12.6 Å². The number of nitriles is 1. The van der Waals surface area contributed by atoms with E-state index in [1.807, 2.05) is 6.07 Å². The van der Waals surface area contributed by atoms with Gasteiger partial charge in [0.05, 0.1) is 32.0 Å². The molecule has 0 bridgehead atoms. The molecular formula is C20H21F2N3O3. The molecule has 0 atom stereocenters. The summed E-state index contributed by atoms with van der Waals surface area (Å²) in [5.74, 6) is -2.15. The molecule has 0 aromatic heterocycles. The molecule has 3 rings (SSSR count). The van der Waals surface area contributed by atoms with E-state index in [1.165, 1.54) is 19.1 Å². The molecule has 1 aromatic rings. The SMILES string of the molecule is C=C(C#N)C1=C(C)CN(c2c(F)c(OC)cc(OC)c2F)C(=O)N1CC1CC1. The largest absolute Gasteiger partial charge is 0.493 e. The average molecular weight is 389 g/mol. The first-order valence-corrected chi connectivity index (χ1v) is 8.82. The van der Waals surface area contributed by atoms with Crippen LogP contribution in [0.3, 0.4) is 0 Å². The number of anilines is 1. The van der Waals surface area contributed by atoms with Gasteiger partial charge in [-0.25, -0.2) is 13.6 Å². The van der Waals surface area contributed by atoms with Crippen molar-refractivity contribution in [3.05, 3.63) is 41.1 Å². The Balaban J connectivity index is 2.14. The van der Waals surface area contributed by atoms with E-state index in [9.17, 15) is 18.8 Å². The van der Waals surface area contributed by atoms with Gasteiger partial charge >= 0.3 is 6.03 Å². The number of benzene rings is 1. The Kier molecular flexibility index (Phi) is 5.27. The van der Waals surface area contributed by atoms with Gasteiger partial charge in [-0.3, -0.25) is 9.80 Å². The maximum atomic E-state index is 14.9. The first-order valence-electron chi connectivity index (χ1n) is 8.82. The summed E-state index contributed by atoms with van der Waals surface area (Å²) in [6.45, 7) is 5.73. The van der Waals surface area contributed by atoms with Crippen molar-refractivity contribution in [3.8, 4) is 17.6 Å². The molecule has 2 amide bonds. The average Bonchev–Trinajstić information content (AvgIpc) is 3.49. The van der Waals surface area contributed by atoms with Crippen molar-refractivity contribution in [2.24, 2.45) is 5.92 Å². The molecule has 1 aliphatic heterocycles. The third-order valence-electron chi connectivity index (χ3n) is 4.91. The van der Waals surface area contributed by atoms with Gasteiger partial charge in [-0.1, -0.05) is 6.58 Å². The van der Waals surface area contributed by atoms with Crippen molar-refractivity contribution in [2.75, 3.05) is 32.2 Å². The van der Waals surface area contributed by atoms with E-state index in [0.29, 0.717) is 23.7 Å². The number of halogens is 2. The van der Waals surface area contributed by atoms with Crippen molar-refractivity contribution in [1.82, 2.24) is 4.90 Å². The maximum absolute atomic E-state index is 14.9. The van der Waals surface area contributed by atoms with Crippen LogP contribution in [0, 0.1) is 28.9 Å². The van der Waals surface area contributed by atoms with Crippen LogP contribution in [0.4, 0.5) is 19.3 Å². The zero-order valence-corrected chi connectivity index (χ0v) is 16.0. The predicted octanol–water partition coefficient (Wildman–Crippen LogP) is 3.99. The summed E-state index contributed by atoms with van der Waals surface area (Å²) in [7, 11) is 2.49. The number of allylic oxidation sites excluding steroid dienone is 1. The lowest BCUT2D eigenvalue weighted by Gasteiger charge is -2.38. The van der Waals surface area contributed by atoms with Crippen LogP contribution in [0.15, 0.2) is 29.5 Å². The number of carbonyl (C=O) groups excluding carboxylic acids is 1. The first-order chi connectivity index (χ1) is 13.3. The number of ether oxygens (including phenoxy) is 2. The summed E-state index contributed by atoms with van der Waals surface area (Å²) in [4.78, 5) is 15.6. The molecule has 1 aliphatic carbocycles. The standard InChI is InChI=1S/C20H21F2N3O3/c1-11(8-23)18-12(2)9-24(20(26)25(18)10-13-5-6-13)19-16(21)14(27-3)7-15(28-4)17(19)22/h7,13H,1,5-6,9-10H2,2-4H3. The Morgan fingerprint density at radius 1 is 1.29 bits per heavy atom. The van der Waals surface area contributed by atoms with Crippen LogP contribution in [-0.4, -0.2) is 38.2 Å². The molecule has 8 heteroatoms. The van der Waals surface area contributed by atoms with Gasteiger partial charge in [-0.15, -0.1) is 0 Å². The van der Waals surface area contributed by atoms with Crippen molar-refractivity contribution >= 4 is 11.7 Å². The van der Waals surface area contributed by atoms with Gasteiger partial charge < -0.3 is 9.47 Å². The summed E-state index contributed by atoms with van der Waals surface area (Å²) in [6.07, 6.45) is 1.93. The molecule has 0 unspecified atom stereocenters. The Morgan fingerprint density at radius 2 is 1.86 bits per heavy atom. The topological polar surface area (TPSA) is 65.8 Å². The quantitative estimate of drug-likeness (QED) is 0.690. The van der Waals surface area contributed by atoms with Gasteiger partial charge in [0.25, 0.3) is 0 Å². The van der Waals surface area contributed by atoms with Gasteiger partial charge in [0.1, 0.15) is 11.8 Å². The number of amides is 2. The van der Waals surface area contributed by atoms with Gasteiger partial charge in [-0.05, 0) is 31.3 Å². The molecule has 1 saturated carbocycles. The highest BCUT2D eigenvalue weighted by molar-refractivity contribution is 5.96. The van der Waals surface area contributed by atoms with Gasteiger partial charge in [0.15, 0.2) is 23.1 Å². The van der Waals surface area contributed by atoms with Crippen molar-refractivity contribution in [1.29, 1.82) is 5.26 Å². The minimum atomic E-state index is -0.990. The zero-order valence-electron chi connectivity index (χ0n) is 16.0. The summed E-state index contributed by atoms with van der Waals surface area (Å²) in [5.41, 5.74) is 0.650. The third kappa shape index (κ3) is 3.28. The second-order valence-corrected chi connectivity index (χ2v) is 6.90. The van der Waals surface area contributed by atoms with E-state index in [-0.39, 0.29) is 23.6 Å². The highest BCUT2D eigenvalue weighted by Crippen LogP contribution is 2.41. The smallest absolute Gasteiger partial charge is 0.329 e. The lowest BCUT2D eigenvalue weighted by atomic mass is 10.0. The molecular weight excluding hydrogens is 368 g/mol. The molecule has 0 N–H and O–H groups in total. The summed E-state index contributed by atoms with van der Waals surface area (Å²) >= 11 is 0. The van der Waals surface area contributed by atoms with E-state index in [4.69, 9.17) is 9.47 Å². The van der Waals surface area contributed by atoms with E-state index in [1.54, 1.807) is 6.92 Å². The minimum Gasteiger partial charge on any atom is -0.493 e. The fourth-order valence-electron chi connectivity index (χ4n) is 3.34. The molecule has 1 aromatic carbocycles. The third-order valence-corrected chi connectivity index (χ3v) is 4.91. The zero-order chi connectivity index (χ0) is 20.6. The molecule has 0 radical (unpaired) electrons. The Labute approximate surface area is 162 Å². The Morgan fingerprint density at radius 3 is 2.32 bits per heavy atom. The number of urea groups is 1. The van der Waals surface area contributed by atoms with Gasteiger partial charge in [0.2, 0.25) is 0 Å². The molecule has 0 spiro atoms. The van der Waals surface area contributed by atoms with Crippen LogP contribution in [0.1, 0.15) is 19.8 Å². The molecule has 0 saturated heterocycles. The number of methoxy groups -OCH3 is 2. The number of rotatable bonds is 6. The van der Waals surface area contributed by atoms with Crippen LogP contribution >= 0.6 is 0 Å². The van der Waals surface area contributed by atoms with Crippen molar-refractivity contribution < 1.29 is 23.0 Å². The summed E-state index contributed by atoms with van der Waals surface area (Å²) in [5, 5.41) is 9.28. The molecule has 6 nitrogen and oxygen atoms in total. The highest BCUT2D eigenvalue weighted by atomic mass is 19.1. The normalized spacial score (nSPS) is 16.9. The lowest BCUT2D eigenvalue weighted by Crippen LogP contribution is -2.49. The summed E-state index contributed by atoms with van der Waals surface area (Å²) in [6, 6.07) is 2.45. The molecule has 1 fully saturated rings. The van der Waals surface area contributed by atoms with Crippen molar-refractivity contribution in [3.63, 3.8) is 0 Å². The number of hydrogen-bond donors (Lipinski definition) is 0. The summed E-state index contributed by atoms with van der Waals surface area (Å²) < 4.78 is 39.8. The predicted molar refractivity (Wildman–Crippen MR) is 99.1 cm³/mol. The van der Waals surface area contributed by atoms with E-state index < -0.39 is 23.4 Å². The molecule has 148 valence electrons. The monoisotopic (exact) mass is 389 g/mol. The first kappa shape index (κ1) is 19.7. The Hall–Kier alpha value is -3.08. The van der Waals surface area contributed by atoms with E-state index in [2.05, 4.69) is 6.58 Å². The minimum absolute atomic E-state index is 0.0831. The molecule has 1 heterocycles. The number of nitrogens with zero attached hydrogens (tertiary/aromatic N) is 3. The second-order valence-electron chi connectivity index (χ2n) is 6.90. The highest BCUT2D eigenvalue weighted by Gasteiger charge is 2.39. The molecule has 28 heavy (non-hydrogen) atoms. The second kappa shape index (κ2) is 7.50. The number of carbonyl (C=O) groups is 1. The fourth-order valence-corrected chi connectivity index (χ4v) is 3.34.